The predicted octanol–water partition coefficient (Wildman–Crippen LogP) is 2.87. The quantitative estimate of drug-likeness (QED) is 0.698. The van der Waals surface area contributed by atoms with Gasteiger partial charge < -0.3 is 14.6 Å². The predicted molar refractivity (Wildman–Crippen MR) is 93.3 cm³/mol. The Hall–Kier alpha value is -2.58. The van der Waals surface area contributed by atoms with Crippen molar-refractivity contribution in [2.24, 2.45) is 0 Å². The number of carbonyl (C=O) groups is 1. The average Bonchev–Trinajstić information content (AvgIpc) is 3.31. The number of amides is 1. The maximum Gasteiger partial charge on any atom is 0.273 e. The average molecular weight is 358 g/mol. The second-order valence-corrected chi connectivity index (χ2v) is 6.45. The Morgan fingerprint density at radius 2 is 2.12 bits per heavy atom. The van der Waals surface area contributed by atoms with E-state index in [-0.39, 0.29) is 17.7 Å². The van der Waals surface area contributed by atoms with Crippen molar-refractivity contribution in [3.63, 3.8) is 0 Å². The first-order valence-electron chi connectivity index (χ1n) is 7.83. The van der Waals surface area contributed by atoms with Gasteiger partial charge in [0, 0.05) is 31.7 Å². The fraction of sp³-hybridized carbons (Fsp3) is 0.294. The Morgan fingerprint density at radius 1 is 1.32 bits per heavy atom. The van der Waals surface area contributed by atoms with Gasteiger partial charge in [-0.15, -0.1) is 10.2 Å². The zero-order valence-corrected chi connectivity index (χ0v) is 14.7. The van der Waals surface area contributed by atoms with Gasteiger partial charge in [0.25, 0.3) is 5.91 Å². The van der Waals surface area contributed by atoms with E-state index in [1.807, 2.05) is 37.3 Å². The van der Waals surface area contributed by atoms with E-state index in [0.717, 1.165) is 15.6 Å². The number of nitrogens with zero attached hydrogens (tertiary/aromatic N) is 3. The summed E-state index contributed by atoms with van der Waals surface area (Å²) in [7, 11) is 1.63. The minimum absolute atomic E-state index is 0.0765. The van der Waals surface area contributed by atoms with Crippen molar-refractivity contribution >= 4 is 17.2 Å². The maximum absolute atomic E-state index is 12.2. The monoisotopic (exact) mass is 358 g/mol. The van der Waals surface area contributed by atoms with Crippen LogP contribution in [0.3, 0.4) is 0 Å². The van der Waals surface area contributed by atoms with E-state index >= 15 is 0 Å². The maximum atomic E-state index is 12.2. The molecule has 1 amide bonds. The molecule has 3 aromatic rings. The molecule has 8 heteroatoms. The molecule has 25 heavy (non-hydrogen) atoms. The number of aromatic nitrogens is 3. The van der Waals surface area contributed by atoms with Gasteiger partial charge in [-0.1, -0.05) is 46.8 Å². The van der Waals surface area contributed by atoms with Gasteiger partial charge in [-0.05, 0) is 6.92 Å². The number of ether oxygens (including phenoxy) is 1. The first kappa shape index (κ1) is 17.2. The van der Waals surface area contributed by atoms with Crippen molar-refractivity contribution in [1.29, 1.82) is 0 Å². The second kappa shape index (κ2) is 8.00. The molecule has 2 heterocycles. The number of methoxy groups -OCH3 is 1. The molecule has 0 radical (unpaired) electrons. The zero-order valence-electron chi connectivity index (χ0n) is 13.9. The Bertz CT molecular complexity index is 831. The Labute approximate surface area is 149 Å². The van der Waals surface area contributed by atoms with Crippen LogP contribution in [-0.4, -0.2) is 34.9 Å². The van der Waals surface area contributed by atoms with Gasteiger partial charge in [0.2, 0.25) is 0 Å². The summed E-state index contributed by atoms with van der Waals surface area (Å²) in [5.41, 5.74) is 1.13. The van der Waals surface area contributed by atoms with E-state index in [1.54, 1.807) is 13.2 Å². The molecule has 3 rings (SSSR count). The van der Waals surface area contributed by atoms with Crippen LogP contribution in [0.4, 0.5) is 0 Å². The lowest BCUT2D eigenvalue weighted by Gasteiger charge is -2.02. The van der Waals surface area contributed by atoms with Crippen molar-refractivity contribution in [2.75, 3.05) is 13.7 Å². The van der Waals surface area contributed by atoms with Crippen molar-refractivity contribution in [3.8, 4) is 11.3 Å². The first-order valence-corrected chi connectivity index (χ1v) is 8.64. The normalized spacial score (nSPS) is 12.1. The van der Waals surface area contributed by atoms with E-state index in [4.69, 9.17) is 9.26 Å². The fourth-order valence-corrected chi connectivity index (χ4v) is 3.00. The summed E-state index contributed by atoms with van der Waals surface area (Å²) in [5, 5.41) is 16.5. The fourth-order valence-electron chi connectivity index (χ4n) is 2.13. The molecular weight excluding hydrogens is 340 g/mol. The molecule has 0 fully saturated rings. The molecular formula is C17H18N4O3S. The lowest BCUT2D eigenvalue weighted by molar-refractivity contribution is 0.0945. The summed E-state index contributed by atoms with van der Waals surface area (Å²) in [6.45, 7) is 2.36. The minimum atomic E-state index is -0.277. The molecule has 0 bridgehead atoms. The summed E-state index contributed by atoms with van der Waals surface area (Å²) in [5.74, 6) is 0.286. The number of carbonyl (C=O) groups excluding carboxylic acids is 1. The zero-order chi connectivity index (χ0) is 17.6. The molecule has 1 N–H and O–H groups in total. The van der Waals surface area contributed by atoms with Crippen LogP contribution < -0.4 is 5.32 Å². The van der Waals surface area contributed by atoms with Gasteiger partial charge in [0.05, 0.1) is 0 Å². The molecule has 0 unspecified atom stereocenters. The van der Waals surface area contributed by atoms with Crippen LogP contribution in [0.2, 0.25) is 0 Å². The molecule has 1 atom stereocenters. The molecule has 130 valence electrons. The van der Waals surface area contributed by atoms with Gasteiger partial charge in [-0.3, -0.25) is 4.79 Å². The highest BCUT2D eigenvalue weighted by Gasteiger charge is 2.14. The van der Waals surface area contributed by atoms with E-state index in [1.165, 1.54) is 11.3 Å². The summed E-state index contributed by atoms with van der Waals surface area (Å²) >= 11 is 1.48. The highest BCUT2D eigenvalue weighted by molar-refractivity contribution is 7.11. The Morgan fingerprint density at radius 3 is 2.88 bits per heavy atom. The summed E-state index contributed by atoms with van der Waals surface area (Å²) in [6, 6.07) is 11.1. The van der Waals surface area contributed by atoms with Crippen LogP contribution in [0, 0.1) is 0 Å². The van der Waals surface area contributed by atoms with Crippen LogP contribution in [-0.2, 0) is 11.2 Å². The lowest BCUT2D eigenvalue weighted by atomic mass is 10.1. The van der Waals surface area contributed by atoms with Crippen LogP contribution in [0.5, 0.6) is 0 Å². The number of nitrogens with one attached hydrogen (secondary N) is 1. The molecule has 7 nitrogen and oxygen atoms in total. The molecule has 0 spiro atoms. The van der Waals surface area contributed by atoms with Crippen LogP contribution in [0.1, 0.15) is 33.5 Å². The second-order valence-electron chi connectivity index (χ2n) is 5.36. The molecule has 0 aliphatic rings. The lowest BCUT2D eigenvalue weighted by Crippen LogP contribution is -2.25. The van der Waals surface area contributed by atoms with E-state index in [9.17, 15) is 4.79 Å². The summed E-state index contributed by atoms with van der Waals surface area (Å²) < 4.78 is 10.4. The SMILES string of the molecule is CO[C@H](C)c1nnc(CCNC(=O)c2cc(-c3ccccc3)on2)s1. The largest absolute Gasteiger partial charge is 0.374 e. The van der Waals surface area contributed by atoms with Gasteiger partial charge in [-0.2, -0.15) is 0 Å². The number of hydrogen-bond acceptors (Lipinski definition) is 7. The van der Waals surface area contributed by atoms with E-state index < -0.39 is 0 Å². The van der Waals surface area contributed by atoms with Crippen molar-refractivity contribution < 1.29 is 14.1 Å². The van der Waals surface area contributed by atoms with Crippen molar-refractivity contribution in [1.82, 2.24) is 20.7 Å². The van der Waals surface area contributed by atoms with Crippen LogP contribution in [0.25, 0.3) is 11.3 Å². The highest BCUT2D eigenvalue weighted by Crippen LogP contribution is 2.21. The number of benzene rings is 1. The molecule has 0 aliphatic carbocycles. The molecule has 0 saturated heterocycles. The first-order chi connectivity index (χ1) is 12.2. The third kappa shape index (κ3) is 4.28. The van der Waals surface area contributed by atoms with Gasteiger partial charge in [0.1, 0.15) is 16.1 Å². The third-order valence-corrected chi connectivity index (χ3v) is 4.75. The van der Waals surface area contributed by atoms with Crippen molar-refractivity contribution in [3.05, 3.63) is 52.1 Å². The van der Waals surface area contributed by atoms with Gasteiger partial charge in [-0.25, -0.2) is 0 Å². The van der Waals surface area contributed by atoms with Crippen molar-refractivity contribution in [2.45, 2.75) is 19.4 Å². The Balaban J connectivity index is 1.53. The highest BCUT2D eigenvalue weighted by atomic mass is 32.1. The van der Waals surface area contributed by atoms with E-state index in [0.29, 0.717) is 18.7 Å². The standard InChI is InChI=1S/C17H18N4O3S/c1-11(23-2)17-20-19-15(25-17)8-9-18-16(22)13-10-14(24-21-13)12-6-4-3-5-7-12/h3-7,10-11H,8-9H2,1-2H3,(H,18,22)/t11-/m1/s1. The number of hydrogen-bond donors (Lipinski definition) is 1. The Kier molecular flexibility index (Phi) is 5.52. The molecule has 2 aromatic heterocycles. The topological polar surface area (TPSA) is 90.1 Å². The molecule has 1 aromatic carbocycles. The van der Waals surface area contributed by atoms with Crippen LogP contribution >= 0.6 is 11.3 Å². The third-order valence-electron chi connectivity index (χ3n) is 3.61. The van der Waals surface area contributed by atoms with Crippen LogP contribution in [0.15, 0.2) is 40.9 Å². The number of rotatable bonds is 7. The molecule has 0 saturated carbocycles. The molecule has 0 aliphatic heterocycles. The van der Waals surface area contributed by atoms with Gasteiger partial charge in [0.15, 0.2) is 11.5 Å². The summed E-state index contributed by atoms with van der Waals surface area (Å²) in [6.07, 6.45) is 0.524. The smallest absolute Gasteiger partial charge is 0.273 e. The summed E-state index contributed by atoms with van der Waals surface area (Å²) in [4.78, 5) is 12.2. The van der Waals surface area contributed by atoms with E-state index in [2.05, 4.69) is 20.7 Å². The minimum Gasteiger partial charge on any atom is -0.374 e. The van der Waals surface area contributed by atoms with Gasteiger partial charge >= 0.3 is 0 Å².